The molecule has 0 aliphatic rings. The number of alkyl halides is 3. The number of hydrogen-bond acceptors (Lipinski definition) is 3. The van der Waals surface area contributed by atoms with Crippen LogP contribution in [0.4, 0.5) is 13.2 Å². The van der Waals surface area contributed by atoms with Crippen LogP contribution in [-0.2, 0) is 17.5 Å². The highest BCUT2D eigenvalue weighted by Gasteiger charge is 2.35. The van der Waals surface area contributed by atoms with Gasteiger partial charge < -0.3 is 19.7 Å². The van der Waals surface area contributed by atoms with Crippen LogP contribution in [0, 0.1) is 13.8 Å². The van der Waals surface area contributed by atoms with Crippen LogP contribution >= 0.6 is 0 Å². The van der Waals surface area contributed by atoms with E-state index in [9.17, 15) is 22.8 Å². The lowest BCUT2D eigenvalue weighted by atomic mass is 9.98. The Balaban J connectivity index is 1.62. The molecule has 0 saturated carbocycles. The molecule has 1 heterocycles. The smallest absolute Gasteiger partial charge is 0.419 e. The van der Waals surface area contributed by atoms with Gasteiger partial charge in [0.15, 0.2) is 6.10 Å². The van der Waals surface area contributed by atoms with Gasteiger partial charge in [-0.15, -0.1) is 0 Å². The molecule has 1 amide bonds. The summed E-state index contributed by atoms with van der Waals surface area (Å²) in [5.74, 6) is -1.73. The summed E-state index contributed by atoms with van der Waals surface area (Å²) in [4.78, 5) is 24.4. The summed E-state index contributed by atoms with van der Waals surface area (Å²) >= 11 is 0. The van der Waals surface area contributed by atoms with E-state index in [1.54, 1.807) is 6.07 Å². The van der Waals surface area contributed by atoms with Gasteiger partial charge in [0.25, 0.3) is 5.91 Å². The molecule has 2 N–H and O–H groups in total. The summed E-state index contributed by atoms with van der Waals surface area (Å²) in [6.45, 7) is 11.4. The number of carbonyl (C=O) groups excluding carboxylic acids is 1. The first-order valence-electron chi connectivity index (χ1n) is 13.8. The topological polar surface area (TPSA) is 80.6 Å². The van der Waals surface area contributed by atoms with E-state index in [1.165, 1.54) is 24.6 Å². The number of aromatic nitrogens is 1. The van der Waals surface area contributed by atoms with Gasteiger partial charge in [-0.3, -0.25) is 4.79 Å². The van der Waals surface area contributed by atoms with E-state index >= 15 is 0 Å². The Morgan fingerprint density at radius 1 is 0.952 bits per heavy atom. The van der Waals surface area contributed by atoms with Crippen LogP contribution in [0.15, 0.2) is 60.7 Å². The summed E-state index contributed by atoms with van der Waals surface area (Å²) in [5.41, 5.74) is 4.85. The highest BCUT2D eigenvalue weighted by molar-refractivity contribution is 5.99. The SMILES string of the molecule is Cc1c(C)n(Cc2ccc(C(F)(F)F)c(O[C@@H](C)C(=O)O)c2)c2ccc(C(=O)N[C@@H](C)c3cccc(C(C)C)c3)cc12. The van der Waals surface area contributed by atoms with Crippen molar-refractivity contribution in [1.82, 2.24) is 9.88 Å². The minimum Gasteiger partial charge on any atom is -0.479 e. The molecule has 9 heteroatoms. The van der Waals surface area contributed by atoms with Gasteiger partial charge in [0, 0.05) is 28.7 Å². The van der Waals surface area contributed by atoms with Crippen LogP contribution in [0.1, 0.15) is 83.5 Å². The maximum absolute atomic E-state index is 13.6. The van der Waals surface area contributed by atoms with Gasteiger partial charge in [0.1, 0.15) is 5.75 Å². The summed E-state index contributed by atoms with van der Waals surface area (Å²) in [7, 11) is 0. The standard InChI is InChI=1S/C33H35F3N2O4/c1-18(2)24-8-7-9-25(15-24)20(4)37-31(39)26-11-13-29-27(16-26)19(3)21(5)38(29)17-23-10-12-28(33(34,35)36)30(14-23)42-22(6)32(40)41/h7-16,18,20,22H,17H2,1-6H3,(H,37,39)(H,40,41)/t20-,22-/m0/s1. The first-order valence-corrected chi connectivity index (χ1v) is 13.8. The van der Waals surface area contributed by atoms with Crippen LogP contribution < -0.4 is 10.1 Å². The number of aliphatic carboxylic acids is 1. The average molecular weight is 581 g/mol. The molecule has 222 valence electrons. The minimum atomic E-state index is -4.70. The number of carbonyl (C=O) groups is 2. The number of hydrogen-bond donors (Lipinski definition) is 2. The Morgan fingerprint density at radius 3 is 2.29 bits per heavy atom. The van der Waals surface area contributed by atoms with Gasteiger partial charge in [-0.2, -0.15) is 13.2 Å². The number of rotatable bonds is 9. The van der Waals surface area contributed by atoms with Crippen molar-refractivity contribution in [3.63, 3.8) is 0 Å². The molecule has 0 unspecified atom stereocenters. The van der Waals surface area contributed by atoms with Gasteiger partial charge in [-0.25, -0.2) is 4.79 Å². The third-order valence-corrected chi connectivity index (χ3v) is 7.67. The molecule has 0 saturated heterocycles. The van der Waals surface area contributed by atoms with Crippen molar-refractivity contribution in [1.29, 1.82) is 0 Å². The molecule has 0 fully saturated rings. The molecule has 0 bridgehead atoms. The molecular formula is C33H35F3N2O4. The highest BCUT2D eigenvalue weighted by atomic mass is 19.4. The monoisotopic (exact) mass is 580 g/mol. The van der Waals surface area contributed by atoms with E-state index in [-0.39, 0.29) is 18.5 Å². The van der Waals surface area contributed by atoms with Crippen LogP contribution in [0.2, 0.25) is 0 Å². The number of amides is 1. The zero-order valence-corrected chi connectivity index (χ0v) is 24.5. The molecule has 1 aromatic heterocycles. The van der Waals surface area contributed by atoms with E-state index in [2.05, 4.69) is 31.3 Å². The number of carboxylic acid groups (broad SMARTS) is 1. The first kappa shape index (κ1) is 30.7. The molecule has 0 radical (unpaired) electrons. The predicted octanol–water partition coefficient (Wildman–Crippen LogP) is 7.79. The molecule has 42 heavy (non-hydrogen) atoms. The maximum atomic E-state index is 13.6. The van der Waals surface area contributed by atoms with Crippen LogP contribution in [0.25, 0.3) is 10.9 Å². The zero-order chi connectivity index (χ0) is 30.9. The summed E-state index contributed by atoms with van der Waals surface area (Å²) in [5, 5.41) is 13.1. The third kappa shape index (κ3) is 6.45. The van der Waals surface area contributed by atoms with Crippen molar-refractivity contribution in [2.75, 3.05) is 0 Å². The number of aryl methyl sites for hydroxylation is 1. The highest BCUT2D eigenvalue weighted by Crippen LogP contribution is 2.38. The van der Waals surface area contributed by atoms with Crippen molar-refractivity contribution in [3.05, 3.63) is 99.7 Å². The van der Waals surface area contributed by atoms with Gasteiger partial charge in [0.2, 0.25) is 0 Å². The van der Waals surface area contributed by atoms with E-state index in [4.69, 9.17) is 9.84 Å². The Hall–Kier alpha value is -4.27. The Kier molecular flexibility index (Phi) is 8.71. The lowest BCUT2D eigenvalue weighted by Crippen LogP contribution is -2.26. The Bertz CT molecular complexity index is 1640. The third-order valence-electron chi connectivity index (χ3n) is 7.67. The zero-order valence-electron chi connectivity index (χ0n) is 24.5. The lowest BCUT2D eigenvalue weighted by Gasteiger charge is -2.18. The molecule has 0 spiro atoms. The number of fused-ring (bicyclic) bond motifs is 1. The molecule has 4 rings (SSSR count). The van der Waals surface area contributed by atoms with E-state index in [0.29, 0.717) is 17.0 Å². The maximum Gasteiger partial charge on any atom is 0.419 e. The minimum absolute atomic E-state index is 0.195. The van der Waals surface area contributed by atoms with E-state index < -0.39 is 29.6 Å². The summed E-state index contributed by atoms with van der Waals surface area (Å²) in [6, 6.07) is 16.9. The van der Waals surface area contributed by atoms with Crippen molar-refractivity contribution in [3.8, 4) is 5.75 Å². The fourth-order valence-electron chi connectivity index (χ4n) is 4.97. The predicted molar refractivity (Wildman–Crippen MR) is 156 cm³/mol. The molecule has 0 aliphatic carbocycles. The van der Waals surface area contributed by atoms with Crippen molar-refractivity contribution < 1.29 is 32.6 Å². The normalized spacial score (nSPS) is 13.3. The van der Waals surface area contributed by atoms with E-state index in [1.807, 2.05) is 49.6 Å². The van der Waals surface area contributed by atoms with E-state index in [0.717, 1.165) is 33.8 Å². The second kappa shape index (κ2) is 11.9. The molecule has 6 nitrogen and oxygen atoms in total. The molecule has 2 atom stereocenters. The fourth-order valence-corrected chi connectivity index (χ4v) is 4.97. The van der Waals surface area contributed by atoms with Crippen LogP contribution in [0.3, 0.4) is 0 Å². The largest absolute Gasteiger partial charge is 0.479 e. The number of benzene rings is 3. The van der Waals surface area contributed by atoms with Gasteiger partial charge in [0.05, 0.1) is 11.6 Å². The van der Waals surface area contributed by atoms with Gasteiger partial charge in [-0.1, -0.05) is 44.2 Å². The van der Waals surface area contributed by atoms with Crippen molar-refractivity contribution >= 4 is 22.8 Å². The average Bonchev–Trinajstić information content (AvgIpc) is 3.16. The van der Waals surface area contributed by atoms with Crippen LogP contribution in [0.5, 0.6) is 5.75 Å². The second-order valence-electron chi connectivity index (χ2n) is 11.0. The number of ether oxygens (including phenoxy) is 1. The Labute approximate surface area is 243 Å². The summed E-state index contributed by atoms with van der Waals surface area (Å²) in [6.07, 6.45) is -6.16. The molecule has 4 aromatic rings. The number of halogens is 3. The fraction of sp³-hybridized carbons (Fsp3) is 0.333. The molecular weight excluding hydrogens is 545 g/mol. The van der Waals surface area contributed by atoms with Gasteiger partial charge in [-0.05, 0) is 86.2 Å². The van der Waals surface area contributed by atoms with Crippen molar-refractivity contribution in [2.24, 2.45) is 0 Å². The molecule has 0 aliphatic heterocycles. The van der Waals surface area contributed by atoms with Crippen LogP contribution in [-0.4, -0.2) is 27.7 Å². The number of nitrogens with zero attached hydrogens (tertiary/aromatic N) is 1. The second-order valence-corrected chi connectivity index (χ2v) is 11.0. The lowest BCUT2D eigenvalue weighted by molar-refractivity contribution is -0.147. The quantitative estimate of drug-likeness (QED) is 0.212. The van der Waals surface area contributed by atoms with Gasteiger partial charge >= 0.3 is 12.1 Å². The Morgan fingerprint density at radius 2 is 1.64 bits per heavy atom. The number of carboxylic acids is 1. The summed E-state index contributed by atoms with van der Waals surface area (Å²) < 4.78 is 47.9. The first-order chi connectivity index (χ1) is 19.7. The molecule has 3 aromatic carbocycles. The number of nitrogens with one attached hydrogen (secondary N) is 1. The van der Waals surface area contributed by atoms with Crippen molar-refractivity contribution in [2.45, 2.75) is 72.3 Å².